The van der Waals surface area contributed by atoms with Crippen LogP contribution in [-0.2, 0) is 16.1 Å². The first-order valence-electron chi connectivity index (χ1n) is 10.5. The van der Waals surface area contributed by atoms with Crippen molar-refractivity contribution in [2.75, 3.05) is 27.4 Å². The van der Waals surface area contributed by atoms with Crippen LogP contribution in [0.1, 0.15) is 32.3 Å². The number of amides is 2. The van der Waals surface area contributed by atoms with E-state index in [1.54, 1.807) is 26.0 Å². The van der Waals surface area contributed by atoms with E-state index in [9.17, 15) is 9.59 Å². The zero-order chi connectivity index (χ0) is 22.6. The lowest BCUT2D eigenvalue weighted by molar-refractivity contribution is -0.140. The van der Waals surface area contributed by atoms with Crippen molar-refractivity contribution in [3.63, 3.8) is 0 Å². The third kappa shape index (κ3) is 7.51. The quantitative estimate of drug-likeness (QED) is 0.524. The highest BCUT2D eigenvalue weighted by atomic mass is 16.5. The summed E-state index contributed by atoms with van der Waals surface area (Å²) in [5.74, 6) is 1.92. The standard InChI is InChI=1S/C24H32N2O5/c1-5-25-24(28)18(2)26(17-19-8-6-9-22(16-19)30-4)23(27)10-7-15-31-21-13-11-20(29-3)12-14-21/h6,8-9,11-14,16,18H,5,7,10,15,17H2,1-4H3,(H,25,28)/t18-/m1/s1. The van der Waals surface area contributed by atoms with Crippen molar-refractivity contribution >= 4 is 11.8 Å². The van der Waals surface area contributed by atoms with Gasteiger partial charge in [-0.3, -0.25) is 9.59 Å². The monoisotopic (exact) mass is 428 g/mol. The highest BCUT2D eigenvalue weighted by Gasteiger charge is 2.25. The summed E-state index contributed by atoms with van der Waals surface area (Å²) in [7, 11) is 3.21. The molecule has 0 radical (unpaired) electrons. The molecule has 0 aliphatic heterocycles. The van der Waals surface area contributed by atoms with Crippen LogP contribution in [0.25, 0.3) is 0 Å². The van der Waals surface area contributed by atoms with E-state index < -0.39 is 6.04 Å². The third-order valence-electron chi connectivity index (χ3n) is 4.87. The van der Waals surface area contributed by atoms with Crippen molar-refractivity contribution in [2.24, 2.45) is 0 Å². The Kier molecular flexibility index (Phi) is 9.68. The molecule has 0 fully saturated rings. The van der Waals surface area contributed by atoms with Gasteiger partial charge >= 0.3 is 0 Å². The molecule has 0 heterocycles. The van der Waals surface area contributed by atoms with Crippen LogP contribution in [0.15, 0.2) is 48.5 Å². The minimum atomic E-state index is -0.582. The number of hydrogen-bond donors (Lipinski definition) is 1. The number of methoxy groups -OCH3 is 2. The van der Waals surface area contributed by atoms with E-state index >= 15 is 0 Å². The first-order chi connectivity index (χ1) is 15.0. The Morgan fingerprint density at radius 1 is 1.00 bits per heavy atom. The van der Waals surface area contributed by atoms with E-state index in [2.05, 4.69) is 5.32 Å². The fourth-order valence-corrected chi connectivity index (χ4v) is 3.10. The first kappa shape index (κ1) is 24.1. The number of ether oxygens (including phenoxy) is 3. The maximum atomic E-state index is 13.0. The second kappa shape index (κ2) is 12.5. The molecule has 7 heteroatoms. The minimum Gasteiger partial charge on any atom is -0.497 e. The number of carbonyl (C=O) groups excluding carboxylic acids is 2. The fraction of sp³-hybridized carbons (Fsp3) is 0.417. The highest BCUT2D eigenvalue weighted by Crippen LogP contribution is 2.19. The summed E-state index contributed by atoms with van der Waals surface area (Å²) in [4.78, 5) is 27.0. The van der Waals surface area contributed by atoms with Gasteiger partial charge in [0, 0.05) is 19.5 Å². The Balaban J connectivity index is 1.98. The number of benzene rings is 2. The normalized spacial score (nSPS) is 11.4. The Hall–Kier alpha value is -3.22. The molecule has 2 aromatic carbocycles. The van der Waals surface area contributed by atoms with Crippen molar-refractivity contribution in [3.05, 3.63) is 54.1 Å². The lowest BCUT2D eigenvalue weighted by atomic mass is 10.1. The molecule has 2 amide bonds. The van der Waals surface area contributed by atoms with Gasteiger partial charge in [0.25, 0.3) is 0 Å². The van der Waals surface area contributed by atoms with Crippen molar-refractivity contribution < 1.29 is 23.8 Å². The molecule has 0 saturated heterocycles. The third-order valence-corrected chi connectivity index (χ3v) is 4.87. The summed E-state index contributed by atoms with van der Waals surface area (Å²) < 4.78 is 16.1. The van der Waals surface area contributed by atoms with Crippen LogP contribution >= 0.6 is 0 Å². The molecule has 0 unspecified atom stereocenters. The van der Waals surface area contributed by atoms with Gasteiger partial charge in [-0.15, -0.1) is 0 Å². The van der Waals surface area contributed by atoms with Crippen molar-refractivity contribution in [3.8, 4) is 17.2 Å². The largest absolute Gasteiger partial charge is 0.497 e. The molecule has 2 rings (SSSR count). The van der Waals surface area contributed by atoms with Crippen LogP contribution in [0, 0.1) is 0 Å². The van der Waals surface area contributed by atoms with Gasteiger partial charge in [-0.25, -0.2) is 0 Å². The van der Waals surface area contributed by atoms with Gasteiger partial charge in [-0.1, -0.05) is 12.1 Å². The Bertz CT molecular complexity index is 838. The SMILES string of the molecule is CCNC(=O)[C@@H](C)N(Cc1cccc(OC)c1)C(=O)CCCOc1ccc(OC)cc1. The molecular formula is C24H32N2O5. The number of likely N-dealkylation sites (N-methyl/N-ethyl adjacent to an activating group) is 1. The lowest BCUT2D eigenvalue weighted by Gasteiger charge is -2.29. The van der Waals surface area contributed by atoms with Crippen LogP contribution < -0.4 is 19.5 Å². The molecule has 7 nitrogen and oxygen atoms in total. The molecule has 2 aromatic rings. The van der Waals surface area contributed by atoms with Gasteiger partial charge in [0.2, 0.25) is 11.8 Å². The van der Waals surface area contributed by atoms with Gasteiger partial charge in [0.15, 0.2) is 0 Å². The molecule has 0 bridgehead atoms. The van der Waals surface area contributed by atoms with Crippen LogP contribution in [0.3, 0.4) is 0 Å². The maximum absolute atomic E-state index is 13.0. The van der Waals surface area contributed by atoms with Crippen LogP contribution in [0.2, 0.25) is 0 Å². The summed E-state index contributed by atoms with van der Waals surface area (Å²) >= 11 is 0. The van der Waals surface area contributed by atoms with Gasteiger partial charge in [0.1, 0.15) is 23.3 Å². The lowest BCUT2D eigenvalue weighted by Crippen LogP contribution is -2.47. The van der Waals surface area contributed by atoms with Gasteiger partial charge in [-0.2, -0.15) is 0 Å². The van der Waals surface area contributed by atoms with Gasteiger partial charge in [0.05, 0.1) is 20.8 Å². The molecule has 0 aliphatic rings. The Morgan fingerprint density at radius 2 is 1.68 bits per heavy atom. The summed E-state index contributed by atoms with van der Waals surface area (Å²) in [6.45, 7) is 4.85. The molecule has 168 valence electrons. The molecule has 0 spiro atoms. The number of rotatable bonds is 12. The van der Waals surface area contributed by atoms with E-state index in [0.29, 0.717) is 31.9 Å². The molecule has 1 atom stereocenters. The van der Waals surface area contributed by atoms with Crippen molar-refractivity contribution in [2.45, 2.75) is 39.3 Å². The second-order valence-corrected chi connectivity index (χ2v) is 7.07. The van der Waals surface area contributed by atoms with E-state index in [4.69, 9.17) is 14.2 Å². The molecule has 31 heavy (non-hydrogen) atoms. The van der Waals surface area contributed by atoms with E-state index in [1.165, 1.54) is 0 Å². The van der Waals surface area contributed by atoms with Crippen LogP contribution in [-0.4, -0.2) is 50.1 Å². The van der Waals surface area contributed by atoms with Crippen molar-refractivity contribution in [1.29, 1.82) is 0 Å². The summed E-state index contributed by atoms with van der Waals surface area (Å²) in [5, 5.41) is 2.79. The predicted molar refractivity (Wildman–Crippen MR) is 119 cm³/mol. The average molecular weight is 429 g/mol. The zero-order valence-electron chi connectivity index (χ0n) is 18.7. The second-order valence-electron chi connectivity index (χ2n) is 7.07. The smallest absolute Gasteiger partial charge is 0.242 e. The molecule has 0 saturated carbocycles. The summed E-state index contributed by atoms with van der Waals surface area (Å²) in [5.41, 5.74) is 0.901. The molecule has 0 aromatic heterocycles. The average Bonchev–Trinajstić information content (AvgIpc) is 2.80. The van der Waals surface area contributed by atoms with Gasteiger partial charge < -0.3 is 24.4 Å². The van der Waals surface area contributed by atoms with Gasteiger partial charge in [-0.05, 0) is 62.2 Å². The van der Waals surface area contributed by atoms with E-state index in [-0.39, 0.29) is 18.2 Å². The van der Waals surface area contributed by atoms with Crippen LogP contribution in [0.5, 0.6) is 17.2 Å². The maximum Gasteiger partial charge on any atom is 0.242 e. The van der Waals surface area contributed by atoms with Crippen LogP contribution in [0.4, 0.5) is 0 Å². The van der Waals surface area contributed by atoms with E-state index in [0.717, 1.165) is 17.1 Å². The first-order valence-corrected chi connectivity index (χ1v) is 10.5. The van der Waals surface area contributed by atoms with E-state index in [1.807, 2.05) is 55.5 Å². The Labute approximate surface area is 184 Å². The number of carbonyl (C=O) groups is 2. The number of hydrogen-bond acceptors (Lipinski definition) is 5. The number of nitrogens with zero attached hydrogens (tertiary/aromatic N) is 1. The predicted octanol–water partition coefficient (Wildman–Crippen LogP) is 3.42. The fourth-order valence-electron chi connectivity index (χ4n) is 3.10. The molecule has 1 N–H and O–H groups in total. The molecule has 0 aliphatic carbocycles. The molecular weight excluding hydrogens is 396 g/mol. The van der Waals surface area contributed by atoms with Crippen molar-refractivity contribution in [1.82, 2.24) is 10.2 Å². The topological polar surface area (TPSA) is 77.1 Å². The summed E-state index contributed by atoms with van der Waals surface area (Å²) in [6, 6.07) is 14.2. The zero-order valence-corrected chi connectivity index (χ0v) is 18.7. The number of nitrogens with one attached hydrogen (secondary N) is 1. The Morgan fingerprint density at radius 3 is 2.32 bits per heavy atom. The highest BCUT2D eigenvalue weighted by molar-refractivity contribution is 5.87. The summed E-state index contributed by atoms with van der Waals surface area (Å²) in [6.07, 6.45) is 0.825. The minimum absolute atomic E-state index is 0.0973.